The number of anilines is 2. The average molecular weight is 322 g/mol. The second-order valence-electron chi connectivity index (χ2n) is 5.04. The van der Waals surface area contributed by atoms with Crippen molar-refractivity contribution in [3.8, 4) is 0 Å². The van der Waals surface area contributed by atoms with Crippen LogP contribution in [0.15, 0.2) is 41.1 Å². The molecule has 0 spiro atoms. The van der Waals surface area contributed by atoms with Crippen molar-refractivity contribution in [3.05, 3.63) is 47.9 Å². The first-order valence-electron chi connectivity index (χ1n) is 6.78. The van der Waals surface area contributed by atoms with Crippen LogP contribution in [0, 0.1) is 0 Å². The molecule has 120 valence electrons. The molecule has 3 aromatic rings. The Bertz CT molecular complexity index is 844. The maximum atomic E-state index is 12.6. The van der Waals surface area contributed by atoms with Crippen LogP contribution in [0.1, 0.15) is 24.1 Å². The minimum Gasteiger partial charge on any atom is -0.464 e. The van der Waals surface area contributed by atoms with E-state index in [4.69, 9.17) is 10.2 Å². The number of nitrogens with two attached hydrogens (primary N) is 1. The molecule has 0 bridgehead atoms. The molecule has 0 unspecified atom stereocenters. The quantitative estimate of drug-likeness (QED) is 0.762. The van der Waals surface area contributed by atoms with Crippen molar-refractivity contribution in [2.45, 2.75) is 19.1 Å². The fourth-order valence-electron chi connectivity index (χ4n) is 2.29. The number of alkyl halides is 3. The van der Waals surface area contributed by atoms with Crippen LogP contribution in [0.25, 0.3) is 11.0 Å². The number of nitrogens with zero attached hydrogens (tertiary/aromatic N) is 2. The zero-order valence-corrected chi connectivity index (χ0v) is 12.1. The van der Waals surface area contributed by atoms with Gasteiger partial charge in [-0.05, 0) is 13.0 Å². The molecule has 0 amide bonds. The summed E-state index contributed by atoms with van der Waals surface area (Å²) in [6.07, 6.45) is -2.31. The molecule has 23 heavy (non-hydrogen) atoms. The van der Waals surface area contributed by atoms with Gasteiger partial charge in [-0.1, -0.05) is 18.2 Å². The summed E-state index contributed by atoms with van der Waals surface area (Å²) in [5, 5.41) is 3.84. The highest BCUT2D eigenvalue weighted by Gasteiger charge is 2.34. The molecule has 1 atom stereocenters. The van der Waals surface area contributed by atoms with Gasteiger partial charge < -0.3 is 15.5 Å². The van der Waals surface area contributed by atoms with Crippen molar-refractivity contribution >= 4 is 22.7 Å². The molecule has 8 heteroatoms. The highest BCUT2D eigenvalue weighted by molar-refractivity contribution is 5.81. The van der Waals surface area contributed by atoms with Crippen LogP contribution >= 0.6 is 0 Å². The zero-order chi connectivity index (χ0) is 16.6. The van der Waals surface area contributed by atoms with Crippen LogP contribution in [-0.4, -0.2) is 9.97 Å². The Labute approximate surface area is 129 Å². The van der Waals surface area contributed by atoms with Gasteiger partial charge >= 0.3 is 6.18 Å². The third-order valence-corrected chi connectivity index (χ3v) is 3.45. The molecule has 1 aromatic carbocycles. The number of benzene rings is 1. The summed E-state index contributed by atoms with van der Waals surface area (Å²) in [6.45, 7) is 1.83. The molecule has 0 saturated carbocycles. The monoisotopic (exact) mass is 322 g/mol. The van der Waals surface area contributed by atoms with Crippen LogP contribution in [-0.2, 0) is 6.18 Å². The maximum absolute atomic E-state index is 12.6. The third-order valence-electron chi connectivity index (χ3n) is 3.45. The van der Waals surface area contributed by atoms with Gasteiger partial charge in [0, 0.05) is 17.1 Å². The lowest BCUT2D eigenvalue weighted by molar-refractivity contribution is -0.137. The van der Waals surface area contributed by atoms with E-state index in [9.17, 15) is 13.2 Å². The smallest absolute Gasteiger partial charge is 0.421 e. The second-order valence-corrected chi connectivity index (χ2v) is 5.04. The summed E-state index contributed by atoms with van der Waals surface area (Å²) >= 11 is 0. The van der Waals surface area contributed by atoms with Crippen LogP contribution in [0.3, 0.4) is 0 Å². The van der Waals surface area contributed by atoms with Gasteiger partial charge in [-0.3, -0.25) is 0 Å². The minimum absolute atomic E-state index is 0.0216. The van der Waals surface area contributed by atoms with E-state index in [1.165, 1.54) is 0 Å². The van der Waals surface area contributed by atoms with E-state index in [1.807, 2.05) is 31.2 Å². The van der Waals surface area contributed by atoms with E-state index in [0.29, 0.717) is 6.20 Å². The molecule has 0 aliphatic rings. The van der Waals surface area contributed by atoms with Crippen LogP contribution in [0.2, 0.25) is 0 Å². The number of nitrogen functional groups attached to an aromatic ring is 1. The van der Waals surface area contributed by atoms with Crippen LogP contribution in [0.5, 0.6) is 0 Å². The van der Waals surface area contributed by atoms with E-state index in [1.54, 1.807) is 6.26 Å². The number of furan rings is 1. The van der Waals surface area contributed by atoms with Crippen LogP contribution in [0.4, 0.5) is 24.9 Å². The molecular formula is C15H13F3N4O. The van der Waals surface area contributed by atoms with Crippen molar-refractivity contribution in [2.75, 3.05) is 11.1 Å². The standard InChI is InChI=1S/C15H13F3N4O/c1-8(10-7-23-12-5-3-2-4-9(10)12)21-14-20-6-11(13(19)22-14)15(16,17)18/h2-8H,1H3,(H3,19,20,21,22)/t8-/m1/s1. The third kappa shape index (κ3) is 2.92. The highest BCUT2D eigenvalue weighted by atomic mass is 19.4. The Hall–Kier alpha value is -2.77. The molecule has 0 aliphatic heterocycles. The number of rotatable bonds is 3. The molecular weight excluding hydrogens is 309 g/mol. The van der Waals surface area contributed by atoms with Gasteiger partial charge in [-0.25, -0.2) is 4.98 Å². The summed E-state index contributed by atoms with van der Waals surface area (Å²) in [5.41, 5.74) is 5.89. The molecule has 0 saturated heterocycles. The summed E-state index contributed by atoms with van der Waals surface area (Å²) in [5.74, 6) is -0.590. The molecule has 2 aromatic heterocycles. The number of hydrogen-bond donors (Lipinski definition) is 2. The number of para-hydroxylation sites is 1. The number of halogens is 3. The summed E-state index contributed by atoms with van der Waals surface area (Å²) < 4.78 is 43.4. The van der Waals surface area contributed by atoms with E-state index in [0.717, 1.165) is 16.5 Å². The van der Waals surface area contributed by atoms with E-state index in [-0.39, 0.29) is 12.0 Å². The Kier molecular flexibility index (Phi) is 3.59. The molecule has 0 radical (unpaired) electrons. The summed E-state index contributed by atoms with van der Waals surface area (Å²) in [7, 11) is 0. The second kappa shape index (κ2) is 5.45. The fraction of sp³-hybridized carbons (Fsp3) is 0.200. The highest BCUT2D eigenvalue weighted by Crippen LogP contribution is 2.33. The lowest BCUT2D eigenvalue weighted by Gasteiger charge is -2.14. The van der Waals surface area contributed by atoms with Crippen molar-refractivity contribution in [1.82, 2.24) is 9.97 Å². The van der Waals surface area contributed by atoms with Crippen molar-refractivity contribution in [3.63, 3.8) is 0 Å². The first kappa shape index (κ1) is 15.1. The first-order valence-corrected chi connectivity index (χ1v) is 6.78. The number of nitrogens with one attached hydrogen (secondary N) is 1. The summed E-state index contributed by atoms with van der Waals surface area (Å²) in [4.78, 5) is 7.36. The predicted molar refractivity (Wildman–Crippen MR) is 79.7 cm³/mol. The topological polar surface area (TPSA) is 77.0 Å². The largest absolute Gasteiger partial charge is 0.464 e. The Morgan fingerprint density at radius 3 is 2.70 bits per heavy atom. The molecule has 3 N–H and O–H groups in total. The first-order chi connectivity index (χ1) is 10.9. The minimum atomic E-state index is -4.57. The van der Waals surface area contributed by atoms with E-state index >= 15 is 0 Å². The Morgan fingerprint density at radius 2 is 2.00 bits per heavy atom. The maximum Gasteiger partial charge on any atom is 0.421 e. The van der Waals surface area contributed by atoms with Gasteiger partial charge in [0.25, 0.3) is 0 Å². The number of fused-ring (bicyclic) bond motifs is 1. The van der Waals surface area contributed by atoms with Crippen molar-refractivity contribution in [1.29, 1.82) is 0 Å². The fourth-order valence-corrected chi connectivity index (χ4v) is 2.29. The van der Waals surface area contributed by atoms with E-state index < -0.39 is 17.6 Å². The Balaban J connectivity index is 1.86. The SMILES string of the molecule is C[C@@H](Nc1ncc(C(F)(F)F)c(N)n1)c1coc2ccccc12. The van der Waals surface area contributed by atoms with Gasteiger partial charge in [0.2, 0.25) is 5.95 Å². The molecule has 3 rings (SSSR count). The molecule has 0 fully saturated rings. The van der Waals surface area contributed by atoms with Crippen molar-refractivity contribution < 1.29 is 17.6 Å². The van der Waals surface area contributed by atoms with Crippen molar-refractivity contribution in [2.24, 2.45) is 0 Å². The van der Waals surface area contributed by atoms with Gasteiger partial charge in [-0.2, -0.15) is 18.2 Å². The Morgan fingerprint density at radius 1 is 1.26 bits per heavy atom. The number of aromatic nitrogens is 2. The molecule has 0 aliphatic carbocycles. The lowest BCUT2D eigenvalue weighted by atomic mass is 10.1. The molecule has 2 heterocycles. The summed E-state index contributed by atoms with van der Waals surface area (Å²) in [6, 6.07) is 7.19. The average Bonchev–Trinajstić information content (AvgIpc) is 2.90. The van der Waals surface area contributed by atoms with Gasteiger partial charge in [-0.15, -0.1) is 0 Å². The van der Waals surface area contributed by atoms with Crippen LogP contribution < -0.4 is 11.1 Å². The van der Waals surface area contributed by atoms with E-state index in [2.05, 4.69) is 15.3 Å². The predicted octanol–water partition coefficient (Wildman–Crippen LogP) is 4.00. The lowest BCUT2D eigenvalue weighted by Crippen LogP contribution is -2.14. The zero-order valence-electron chi connectivity index (χ0n) is 12.1. The number of hydrogen-bond acceptors (Lipinski definition) is 5. The normalized spacial score (nSPS) is 13.2. The van der Waals surface area contributed by atoms with Gasteiger partial charge in [0.1, 0.15) is 17.0 Å². The molecule has 5 nitrogen and oxygen atoms in total. The van der Waals surface area contributed by atoms with Gasteiger partial charge in [0.15, 0.2) is 0 Å². The van der Waals surface area contributed by atoms with Gasteiger partial charge in [0.05, 0.1) is 12.3 Å².